The van der Waals surface area contributed by atoms with Crippen molar-refractivity contribution in [3.8, 4) is 0 Å². The van der Waals surface area contributed by atoms with Gasteiger partial charge in [-0.05, 0) is 47.4 Å². The standard InChI is InChI=1S/C28H29ClN2O3S.2C4H4O4/c29-22-10-11-26-23(19-22)24(18-21-8-4-5-9-25(21)35-26)31-14-12-30(13-15-31)16-17-34-28(33)27(32)20-6-2-1-3-7-20;2*5-3(6)1-2-4(7)8/h1-11,19,24,27,32H,12-18H2;2*1-2H,(H,5,6)(H,7,8). The summed E-state index contributed by atoms with van der Waals surface area (Å²) in [5.74, 6) is -5.63. The molecule has 2 aliphatic rings. The van der Waals surface area contributed by atoms with Gasteiger partial charge in [-0.3, -0.25) is 9.80 Å². The van der Waals surface area contributed by atoms with Crippen LogP contribution in [0.1, 0.15) is 28.8 Å². The number of carboxylic acid groups (broad SMARTS) is 4. The highest BCUT2D eigenvalue weighted by molar-refractivity contribution is 7.99. The number of hydrogen-bond donors (Lipinski definition) is 5. The van der Waals surface area contributed by atoms with E-state index < -0.39 is 36.0 Å². The van der Waals surface area contributed by atoms with Crippen molar-refractivity contribution in [3.05, 3.63) is 119 Å². The third-order valence-electron chi connectivity index (χ3n) is 7.51. The van der Waals surface area contributed by atoms with Gasteiger partial charge in [0.2, 0.25) is 0 Å². The summed E-state index contributed by atoms with van der Waals surface area (Å²) in [6.07, 6.45) is 1.96. The van der Waals surface area contributed by atoms with E-state index in [1.165, 1.54) is 20.9 Å². The maximum absolute atomic E-state index is 12.2. The summed E-state index contributed by atoms with van der Waals surface area (Å²) in [4.78, 5) is 57.9. The molecule has 3 aromatic carbocycles. The van der Waals surface area contributed by atoms with E-state index in [-0.39, 0.29) is 12.6 Å². The van der Waals surface area contributed by atoms with Gasteiger partial charge in [0.05, 0.1) is 0 Å². The number of esters is 1. The number of fused-ring (bicyclic) bond motifs is 2. The molecule has 0 aromatic heterocycles. The van der Waals surface area contributed by atoms with E-state index in [1.807, 2.05) is 23.9 Å². The van der Waals surface area contributed by atoms with E-state index in [2.05, 4.69) is 46.2 Å². The lowest BCUT2D eigenvalue weighted by atomic mass is 9.96. The van der Waals surface area contributed by atoms with E-state index >= 15 is 0 Å². The van der Waals surface area contributed by atoms with Crippen LogP contribution in [0.15, 0.2) is 107 Å². The van der Waals surface area contributed by atoms with Gasteiger partial charge in [0.1, 0.15) is 6.61 Å². The Kier molecular flexibility index (Phi) is 16.4. The van der Waals surface area contributed by atoms with Gasteiger partial charge in [0.25, 0.3) is 0 Å². The van der Waals surface area contributed by atoms with E-state index in [4.69, 9.17) is 36.8 Å². The normalized spacial score (nSPS) is 16.2. The first-order valence-electron chi connectivity index (χ1n) is 15.5. The van der Waals surface area contributed by atoms with E-state index in [0.29, 0.717) is 36.4 Å². The molecule has 15 heteroatoms. The Bertz CT molecular complexity index is 1660. The van der Waals surface area contributed by atoms with Crippen molar-refractivity contribution in [2.24, 2.45) is 0 Å². The first kappa shape index (κ1) is 40.4. The molecule has 2 atom stereocenters. The Hall–Kier alpha value is -4.99. The number of piperazine rings is 1. The summed E-state index contributed by atoms with van der Waals surface area (Å²) in [6, 6.07) is 24.1. The zero-order valence-corrected chi connectivity index (χ0v) is 28.8. The lowest BCUT2D eigenvalue weighted by Gasteiger charge is -2.39. The number of hydrogen-bond acceptors (Lipinski definition) is 10. The molecule has 2 unspecified atom stereocenters. The lowest BCUT2D eigenvalue weighted by molar-refractivity contribution is -0.154. The number of benzene rings is 3. The van der Waals surface area contributed by atoms with Crippen LogP contribution in [-0.4, -0.2) is 105 Å². The number of ether oxygens (including phenoxy) is 1. The Balaban J connectivity index is 0.000000366. The first-order chi connectivity index (χ1) is 24.3. The molecular weight excluding hydrogens is 704 g/mol. The molecule has 0 amide bonds. The van der Waals surface area contributed by atoms with Gasteiger partial charge in [-0.25, -0.2) is 24.0 Å². The molecule has 2 aliphatic heterocycles. The highest BCUT2D eigenvalue weighted by atomic mass is 35.5. The van der Waals surface area contributed by atoms with E-state index in [0.717, 1.165) is 37.6 Å². The number of aliphatic hydroxyl groups excluding tert-OH is 1. The predicted octanol–water partition coefficient (Wildman–Crippen LogP) is 4.41. The van der Waals surface area contributed by atoms with Crippen LogP contribution in [0.3, 0.4) is 0 Å². The molecule has 2 heterocycles. The highest BCUT2D eigenvalue weighted by Crippen LogP contribution is 2.43. The van der Waals surface area contributed by atoms with Crippen molar-refractivity contribution in [3.63, 3.8) is 0 Å². The number of carboxylic acids is 4. The fourth-order valence-electron chi connectivity index (χ4n) is 5.12. The number of nitrogens with zero attached hydrogens (tertiary/aromatic N) is 2. The monoisotopic (exact) mass is 740 g/mol. The summed E-state index contributed by atoms with van der Waals surface area (Å²) < 4.78 is 5.36. The SMILES string of the molecule is O=C(O)C=CC(=O)O.O=C(O)C=CC(=O)O.O=C(OCCN1CCN(C2Cc3ccccc3Sc3ccc(Cl)cc32)CC1)C(O)c1ccccc1. The van der Waals surface area contributed by atoms with Crippen LogP contribution in [0.2, 0.25) is 5.02 Å². The zero-order valence-electron chi connectivity index (χ0n) is 27.2. The molecule has 1 fully saturated rings. The number of aliphatic carboxylic acids is 4. The largest absolute Gasteiger partial charge is 0.478 e. The van der Waals surface area contributed by atoms with Gasteiger partial charge in [0.15, 0.2) is 6.10 Å². The van der Waals surface area contributed by atoms with Crippen LogP contribution in [-0.2, 0) is 35.1 Å². The molecule has 5 N–H and O–H groups in total. The molecule has 1 saturated heterocycles. The van der Waals surface area contributed by atoms with Gasteiger partial charge in [-0.1, -0.05) is 71.9 Å². The average molecular weight is 741 g/mol. The number of halogens is 1. The lowest BCUT2D eigenvalue weighted by Crippen LogP contribution is -2.48. The Morgan fingerprint density at radius 1 is 0.765 bits per heavy atom. The number of carbonyl (C=O) groups is 5. The summed E-state index contributed by atoms with van der Waals surface area (Å²) in [5.41, 5.74) is 3.23. The van der Waals surface area contributed by atoms with Gasteiger partial charge < -0.3 is 30.3 Å². The van der Waals surface area contributed by atoms with Crippen molar-refractivity contribution >= 4 is 53.2 Å². The average Bonchev–Trinajstić information content (AvgIpc) is 3.27. The van der Waals surface area contributed by atoms with Gasteiger partial charge in [0, 0.05) is 77.9 Å². The Labute approximate surface area is 303 Å². The Morgan fingerprint density at radius 2 is 1.31 bits per heavy atom. The van der Waals surface area contributed by atoms with E-state index in [1.54, 1.807) is 24.3 Å². The second kappa shape index (κ2) is 20.6. The molecule has 3 aromatic rings. The molecule has 0 saturated carbocycles. The molecular formula is C36H37ClN2O11S. The maximum Gasteiger partial charge on any atom is 0.339 e. The molecule has 0 bridgehead atoms. The summed E-state index contributed by atoms with van der Waals surface area (Å²) in [7, 11) is 0. The minimum absolute atomic E-state index is 0.272. The van der Waals surface area contributed by atoms with Crippen LogP contribution in [0.4, 0.5) is 0 Å². The van der Waals surface area contributed by atoms with Crippen LogP contribution < -0.4 is 0 Å². The van der Waals surface area contributed by atoms with Crippen molar-refractivity contribution in [2.45, 2.75) is 28.4 Å². The first-order valence-corrected chi connectivity index (χ1v) is 16.7. The second-order valence-corrected chi connectivity index (χ2v) is 12.5. The highest BCUT2D eigenvalue weighted by Gasteiger charge is 2.30. The van der Waals surface area contributed by atoms with Crippen molar-refractivity contribution in [2.75, 3.05) is 39.3 Å². The van der Waals surface area contributed by atoms with Crippen LogP contribution in [0.25, 0.3) is 0 Å². The summed E-state index contributed by atoms with van der Waals surface area (Å²) in [6.45, 7) is 4.61. The van der Waals surface area contributed by atoms with Crippen molar-refractivity contribution in [1.29, 1.82) is 0 Å². The molecule has 0 spiro atoms. The molecule has 51 heavy (non-hydrogen) atoms. The molecule has 0 aliphatic carbocycles. The van der Waals surface area contributed by atoms with Gasteiger partial charge in [-0.2, -0.15) is 0 Å². The summed E-state index contributed by atoms with van der Waals surface area (Å²) >= 11 is 8.25. The van der Waals surface area contributed by atoms with Crippen LogP contribution in [0.5, 0.6) is 0 Å². The van der Waals surface area contributed by atoms with Gasteiger partial charge >= 0.3 is 29.8 Å². The fraction of sp³-hybridized carbons (Fsp3) is 0.250. The van der Waals surface area contributed by atoms with Gasteiger partial charge in [-0.15, -0.1) is 0 Å². The Morgan fingerprint density at radius 3 is 1.88 bits per heavy atom. The topological polar surface area (TPSA) is 202 Å². The summed E-state index contributed by atoms with van der Waals surface area (Å²) in [5, 5.41) is 42.2. The number of carbonyl (C=O) groups excluding carboxylic acids is 1. The van der Waals surface area contributed by atoms with Crippen LogP contribution in [0, 0.1) is 0 Å². The molecule has 0 radical (unpaired) electrons. The second-order valence-electron chi connectivity index (χ2n) is 11.0. The van der Waals surface area contributed by atoms with E-state index in [9.17, 15) is 29.1 Å². The van der Waals surface area contributed by atoms with Crippen LogP contribution >= 0.6 is 23.4 Å². The third kappa shape index (κ3) is 14.0. The van der Waals surface area contributed by atoms with Crippen molar-refractivity contribution in [1.82, 2.24) is 9.80 Å². The minimum atomic E-state index is -1.26. The predicted molar refractivity (Wildman–Crippen MR) is 188 cm³/mol. The minimum Gasteiger partial charge on any atom is -0.478 e. The number of rotatable bonds is 10. The fourth-order valence-corrected chi connectivity index (χ4v) is 6.41. The quantitative estimate of drug-likeness (QED) is 0.145. The maximum atomic E-state index is 12.2. The zero-order chi connectivity index (χ0) is 37.3. The third-order valence-corrected chi connectivity index (χ3v) is 8.96. The smallest absolute Gasteiger partial charge is 0.339 e. The van der Waals surface area contributed by atoms with Crippen molar-refractivity contribution < 1.29 is 54.2 Å². The number of aliphatic hydroxyl groups is 1. The molecule has 270 valence electrons. The molecule has 13 nitrogen and oxygen atoms in total. The molecule has 5 rings (SSSR count).